The third kappa shape index (κ3) is 2.43. The molecule has 0 saturated carbocycles. The molecule has 0 atom stereocenters. The summed E-state index contributed by atoms with van der Waals surface area (Å²) in [6.45, 7) is 0.917. The van der Waals surface area contributed by atoms with Gasteiger partial charge >= 0.3 is 0 Å². The number of fused-ring (bicyclic) bond motifs is 1. The molecular formula is C15H12F3NO. The van der Waals surface area contributed by atoms with Crippen LogP contribution in [0.2, 0.25) is 0 Å². The van der Waals surface area contributed by atoms with Gasteiger partial charge in [-0.2, -0.15) is 0 Å². The molecule has 1 heterocycles. The van der Waals surface area contributed by atoms with Crippen LogP contribution in [-0.2, 0) is 13.0 Å². The first-order valence-corrected chi connectivity index (χ1v) is 6.26. The second-order valence-electron chi connectivity index (χ2n) is 4.64. The van der Waals surface area contributed by atoms with Crippen LogP contribution in [0.5, 0.6) is 5.75 Å². The average molecular weight is 279 g/mol. The van der Waals surface area contributed by atoms with E-state index in [-0.39, 0.29) is 12.2 Å². The van der Waals surface area contributed by atoms with Crippen LogP contribution in [0, 0.1) is 17.5 Å². The molecule has 0 aliphatic carbocycles. The number of halogens is 3. The summed E-state index contributed by atoms with van der Waals surface area (Å²) in [6, 6.07) is 6.92. The van der Waals surface area contributed by atoms with Gasteiger partial charge in [0.15, 0.2) is 11.6 Å². The second-order valence-corrected chi connectivity index (χ2v) is 4.64. The Morgan fingerprint density at radius 1 is 1.05 bits per heavy atom. The van der Waals surface area contributed by atoms with Crippen molar-refractivity contribution in [1.29, 1.82) is 0 Å². The number of nitrogens with one attached hydrogen (secondary N) is 1. The largest absolute Gasteiger partial charge is 0.493 e. The average Bonchev–Trinajstić information content (AvgIpc) is 2.84. The summed E-state index contributed by atoms with van der Waals surface area (Å²) in [6.07, 6.45) is 0.836. The lowest BCUT2D eigenvalue weighted by Gasteiger charge is -2.10. The molecule has 0 radical (unpaired) electrons. The van der Waals surface area contributed by atoms with Gasteiger partial charge in [-0.25, -0.2) is 13.2 Å². The van der Waals surface area contributed by atoms with E-state index in [9.17, 15) is 13.2 Å². The molecule has 5 heteroatoms. The highest BCUT2D eigenvalue weighted by molar-refractivity contribution is 5.48. The quantitative estimate of drug-likeness (QED) is 0.926. The van der Waals surface area contributed by atoms with E-state index in [0.29, 0.717) is 18.7 Å². The van der Waals surface area contributed by atoms with Crippen LogP contribution in [0.1, 0.15) is 11.1 Å². The van der Waals surface area contributed by atoms with Crippen molar-refractivity contribution in [1.82, 2.24) is 0 Å². The molecule has 0 saturated heterocycles. The topological polar surface area (TPSA) is 21.3 Å². The van der Waals surface area contributed by atoms with E-state index >= 15 is 0 Å². The summed E-state index contributed by atoms with van der Waals surface area (Å²) in [5, 5.41) is 2.66. The Bertz CT molecular complexity index is 635. The number of benzene rings is 2. The van der Waals surface area contributed by atoms with Crippen molar-refractivity contribution in [2.75, 3.05) is 11.9 Å². The van der Waals surface area contributed by atoms with E-state index in [1.54, 1.807) is 0 Å². The van der Waals surface area contributed by atoms with Gasteiger partial charge in [-0.05, 0) is 17.2 Å². The van der Waals surface area contributed by atoms with Crippen molar-refractivity contribution in [3.05, 3.63) is 58.9 Å². The minimum Gasteiger partial charge on any atom is -0.493 e. The lowest BCUT2D eigenvalue weighted by Crippen LogP contribution is -2.04. The molecule has 0 amide bonds. The third-order valence-corrected chi connectivity index (χ3v) is 3.23. The van der Waals surface area contributed by atoms with Crippen molar-refractivity contribution >= 4 is 5.69 Å². The fourth-order valence-electron chi connectivity index (χ4n) is 2.25. The van der Waals surface area contributed by atoms with Gasteiger partial charge in [0.1, 0.15) is 17.3 Å². The Morgan fingerprint density at radius 3 is 2.55 bits per heavy atom. The number of hydrogen-bond donors (Lipinski definition) is 1. The zero-order chi connectivity index (χ0) is 14.1. The number of anilines is 1. The van der Waals surface area contributed by atoms with Gasteiger partial charge in [-0.15, -0.1) is 0 Å². The van der Waals surface area contributed by atoms with Gasteiger partial charge in [0.25, 0.3) is 0 Å². The maximum absolute atomic E-state index is 13.5. The van der Waals surface area contributed by atoms with Crippen molar-refractivity contribution < 1.29 is 17.9 Å². The minimum atomic E-state index is -0.938. The standard InChI is InChI=1S/C15H12F3NO/c16-11-6-12(17)15(13(18)7-11)19-8-9-1-2-14-10(5-9)3-4-20-14/h1-2,5-7,19H,3-4,8H2. The summed E-state index contributed by atoms with van der Waals surface area (Å²) in [7, 11) is 0. The summed E-state index contributed by atoms with van der Waals surface area (Å²) >= 11 is 0. The minimum absolute atomic E-state index is 0.257. The Morgan fingerprint density at radius 2 is 1.80 bits per heavy atom. The molecule has 1 N–H and O–H groups in total. The van der Waals surface area contributed by atoms with Gasteiger partial charge < -0.3 is 10.1 Å². The molecule has 3 rings (SSSR count). The number of ether oxygens (including phenoxy) is 1. The SMILES string of the molecule is Fc1cc(F)c(NCc2ccc3c(c2)CCO3)c(F)c1. The van der Waals surface area contributed by atoms with Crippen LogP contribution >= 0.6 is 0 Å². The molecule has 2 aromatic rings. The summed E-state index contributed by atoms with van der Waals surface area (Å²) < 4.78 is 45.1. The van der Waals surface area contributed by atoms with E-state index in [1.165, 1.54) is 0 Å². The van der Waals surface area contributed by atoms with Crippen LogP contribution in [-0.4, -0.2) is 6.61 Å². The molecule has 0 unspecified atom stereocenters. The van der Waals surface area contributed by atoms with E-state index in [4.69, 9.17) is 4.74 Å². The van der Waals surface area contributed by atoms with Gasteiger partial charge in [-0.1, -0.05) is 12.1 Å². The van der Waals surface area contributed by atoms with Crippen molar-refractivity contribution in [3.8, 4) is 5.75 Å². The molecule has 0 fully saturated rings. The molecule has 104 valence electrons. The molecule has 2 aromatic carbocycles. The molecule has 0 spiro atoms. The number of hydrogen-bond acceptors (Lipinski definition) is 2. The van der Waals surface area contributed by atoms with Crippen LogP contribution in [0.4, 0.5) is 18.9 Å². The Hall–Kier alpha value is -2.17. The van der Waals surface area contributed by atoms with Crippen LogP contribution < -0.4 is 10.1 Å². The number of rotatable bonds is 3. The Kier molecular flexibility index (Phi) is 3.26. The normalized spacial score (nSPS) is 12.9. The summed E-state index contributed by atoms with van der Waals surface area (Å²) in [5.41, 5.74) is 1.66. The van der Waals surface area contributed by atoms with E-state index in [1.807, 2.05) is 18.2 Å². The third-order valence-electron chi connectivity index (χ3n) is 3.23. The van der Waals surface area contributed by atoms with E-state index < -0.39 is 17.5 Å². The van der Waals surface area contributed by atoms with Crippen molar-refractivity contribution in [2.45, 2.75) is 13.0 Å². The zero-order valence-corrected chi connectivity index (χ0v) is 10.6. The molecule has 0 bridgehead atoms. The Balaban J connectivity index is 1.77. The molecule has 1 aliphatic heterocycles. The predicted molar refractivity (Wildman–Crippen MR) is 69.3 cm³/mol. The van der Waals surface area contributed by atoms with Gasteiger partial charge in [0, 0.05) is 25.1 Å². The highest BCUT2D eigenvalue weighted by atomic mass is 19.1. The first kappa shape index (κ1) is 12.8. The lowest BCUT2D eigenvalue weighted by atomic mass is 10.1. The lowest BCUT2D eigenvalue weighted by molar-refractivity contribution is 0.357. The molecule has 0 aromatic heterocycles. The molecule has 20 heavy (non-hydrogen) atoms. The fraction of sp³-hybridized carbons (Fsp3) is 0.200. The van der Waals surface area contributed by atoms with Crippen molar-refractivity contribution in [3.63, 3.8) is 0 Å². The highest BCUT2D eigenvalue weighted by Crippen LogP contribution is 2.27. The summed E-state index contributed by atoms with van der Waals surface area (Å²) in [5.74, 6) is -1.95. The highest BCUT2D eigenvalue weighted by Gasteiger charge is 2.14. The smallest absolute Gasteiger partial charge is 0.152 e. The van der Waals surface area contributed by atoms with Crippen molar-refractivity contribution in [2.24, 2.45) is 0 Å². The Labute approximate surface area is 114 Å². The monoisotopic (exact) mass is 279 g/mol. The first-order valence-electron chi connectivity index (χ1n) is 6.26. The van der Waals surface area contributed by atoms with Crippen LogP contribution in [0.3, 0.4) is 0 Å². The van der Waals surface area contributed by atoms with E-state index in [2.05, 4.69) is 5.32 Å². The van der Waals surface area contributed by atoms with E-state index in [0.717, 1.165) is 23.3 Å². The summed E-state index contributed by atoms with van der Waals surface area (Å²) in [4.78, 5) is 0. The van der Waals surface area contributed by atoms with Gasteiger partial charge in [-0.3, -0.25) is 0 Å². The molecule has 2 nitrogen and oxygen atoms in total. The van der Waals surface area contributed by atoms with Crippen LogP contribution in [0.15, 0.2) is 30.3 Å². The van der Waals surface area contributed by atoms with Gasteiger partial charge in [0.2, 0.25) is 0 Å². The molecular weight excluding hydrogens is 267 g/mol. The predicted octanol–water partition coefficient (Wildman–Crippen LogP) is 3.65. The second kappa shape index (κ2) is 5.07. The maximum atomic E-state index is 13.5. The zero-order valence-electron chi connectivity index (χ0n) is 10.6. The van der Waals surface area contributed by atoms with Crippen LogP contribution in [0.25, 0.3) is 0 Å². The fourth-order valence-corrected chi connectivity index (χ4v) is 2.25. The first-order chi connectivity index (χ1) is 9.63. The molecule has 1 aliphatic rings. The maximum Gasteiger partial charge on any atom is 0.152 e. The van der Waals surface area contributed by atoms with Gasteiger partial charge in [0.05, 0.1) is 6.61 Å².